The molecule has 1 rings (SSSR count). The lowest BCUT2D eigenvalue weighted by atomic mass is 9.64. The molecule has 24 heavy (non-hydrogen) atoms. The molecular formula is C13H23BN2O7S. The molecule has 1 unspecified atom stereocenters. The van der Waals surface area contributed by atoms with Crippen LogP contribution in [0.15, 0.2) is 12.2 Å². The Kier molecular flexibility index (Phi) is 7.39. The van der Waals surface area contributed by atoms with Crippen molar-refractivity contribution in [1.82, 2.24) is 4.90 Å². The maximum absolute atomic E-state index is 11.9. The van der Waals surface area contributed by atoms with Gasteiger partial charge in [0.25, 0.3) is 0 Å². The first-order valence-electron chi connectivity index (χ1n) is 7.56. The standard InChI is InChI=1S/C13H23BN2O7S/c1-4-6-8-13(7-5-2,23-24(15,19)20)14-21-11(17)9-16(3)10-12(18)22-14/h5,7H,4,6,8-10H2,1-3H3,(H2,15,19,20). The summed E-state index contributed by atoms with van der Waals surface area (Å²) < 4.78 is 38.4. The second-order valence-electron chi connectivity index (χ2n) is 5.62. The Labute approximate surface area is 142 Å². The minimum absolute atomic E-state index is 0.130. The first-order valence-corrected chi connectivity index (χ1v) is 9.03. The van der Waals surface area contributed by atoms with Gasteiger partial charge in [0.15, 0.2) is 5.50 Å². The second-order valence-corrected chi connectivity index (χ2v) is 6.77. The zero-order valence-electron chi connectivity index (χ0n) is 14.1. The average Bonchev–Trinajstić information content (AvgIpc) is 2.40. The number of nitrogens with two attached hydrogens (primary N) is 1. The van der Waals surface area contributed by atoms with E-state index >= 15 is 0 Å². The van der Waals surface area contributed by atoms with E-state index < -0.39 is 34.9 Å². The predicted molar refractivity (Wildman–Crippen MR) is 86.7 cm³/mol. The molecule has 1 fully saturated rings. The van der Waals surface area contributed by atoms with Gasteiger partial charge in [-0.25, -0.2) is 9.32 Å². The highest BCUT2D eigenvalue weighted by atomic mass is 32.2. The molecule has 0 aromatic carbocycles. The first kappa shape index (κ1) is 20.6. The third kappa shape index (κ3) is 6.23. The lowest BCUT2D eigenvalue weighted by Crippen LogP contribution is -2.57. The molecule has 1 atom stereocenters. The smallest absolute Gasteiger partial charge is 0.496 e. The minimum Gasteiger partial charge on any atom is -0.496 e. The van der Waals surface area contributed by atoms with E-state index in [4.69, 9.17) is 18.6 Å². The van der Waals surface area contributed by atoms with Crippen LogP contribution in [0.1, 0.15) is 33.1 Å². The van der Waals surface area contributed by atoms with Gasteiger partial charge in [0.2, 0.25) is 0 Å². The molecule has 0 spiro atoms. The van der Waals surface area contributed by atoms with E-state index in [-0.39, 0.29) is 19.5 Å². The third-order valence-electron chi connectivity index (χ3n) is 3.32. The summed E-state index contributed by atoms with van der Waals surface area (Å²) in [6.07, 6.45) is 4.28. The molecule has 0 aromatic rings. The van der Waals surface area contributed by atoms with Crippen molar-refractivity contribution in [3.63, 3.8) is 0 Å². The predicted octanol–water partition coefficient (Wildman–Crippen LogP) is -0.229. The first-order chi connectivity index (χ1) is 11.1. The Bertz CT molecular complexity index is 575. The van der Waals surface area contributed by atoms with E-state index in [1.54, 1.807) is 14.0 Å². The van der Waals surface area contributed by atoms with Crippen LogP contribution in [0.4, 0.5) is 0 Å². The van der Waals surface area contributed by atoms with Crippen LogP contribution in [-0.2, 0) is 33.4 Å². The van der Waals surface area contributed by atoms with Crippen molar-refractivity contribution in [2.75, 3.05) is 20.1 Å². The van der Waals surface area contributed by atoms with Crippen molar-refractivity contribution in [2.24, 2.45) is 5.14 Å². The highest BCUT2D eigenvalue weighted by Crippen LogP contribution is 2.28. The summed E-state index contributed by atoms with van der Waals surface area (Å²) in [5.41, 5.74) is -1.71. The summed E-state index contributed by atoms with van der Waals surface area (Å²) >= 11 is 0. The van der Waals surface area contributed by atoms with Crippen molar-refractivity contribution in [2.45, 2.75) is 38.6 Å². The largest absolute Gasteiger partial charge is 0.639 e. The summed E-state index contributed by atoms with van der Waals surface area (Å²) in [5, 5.41) is 5.02. The zero-order valence-corrected chi connectivity index (χ0v) is 14.9. The van der Waals surface area contributed by atoms with E-state index in [1.807, 2.05) is 6.92 Å². The topological polar surface area (TPSA) is 125 Å². The van der Waals surface area contributed by atoms with Crippen molar-refractivity contribution in [1.29, 1.82) is 0 Å². The fraction of sp³-hybridized carbons (Fsp3) is 0.692. The molecular weight excluding hydrogens is 339 g/mol. The molecule has 11 heteroatoms. The Morgan fingerprint density at radius 1 is 1.33 bits per heavy atom. The van der Waals surface area contributed by atoms with Gasteiger partial charge in [-0.2, -0.15) is 8.42 Å². The van der Waals surface area contributed by atoms with Gasteiger partial charge in [-0.15, -0.1) is 0 Å². The molecule has 1 aliphatic heterocycles. The number of unbranched alkanes of at least 4 members (excludes halogenated alkanes) is 1. The van der Waals surface area contributed by atoms with Crippen molar-refractivity contribution in [3.8, 4) is 0 Å². The number of allylic oxidation sites excluding steroid dienone is 1. The third-order valence-corrected chi connectivity index (χ3v) is 3.86. The SMILES string of the molecule is CC=CC(CCCC)(OS(N)(=O)=O)B1OC(=O)CN(C)CC(=O)O1. The van der Waals surface area contributed by atoms with Crippen LogP contribution < -0.4 is 5.14 Å². The quantitative estimate of drug-likeness (QED) is 0.486. The Morgan fingerprint density at radius 2 is 1.88 bits per heavy atom. The number of hydrogen-bond donors (Lipinski definition) is 1. The van der Waals surface area contributed by atoms with Gasteiger partial charge in [0, 0.05) is 0 Å². The Hall–Kier alpha value is -1.43. The molecule has 1 heterocycles. The fourth-order valence-electron chi connectivity index (χ4n) is 2.37. The highest BCUT2D eigenvalue weighted by Gasteiger charge is 2.54. The molecule has 0 bridgehead atoms. The van der Waals surface area contributed by atoms with Gasteiger partial charge in [-0.3, -0.25) is 14.5 Å². The molecule has 1 aliphatic rings. The Morgan fingerprint density at radius 3 is 2.29 bits per heavy atom. The summed E-state index contributed by atoms with van der Waals surface area (Å²) in [6.45, 7) is 3.25. The molecule has 1 saturated heterocycles. The van der Waals surface area contributed by atoms with Crippen LogP contribution in [0.25, 0.3) is 0 Å². The van der Waals surface area contributed by atoms with E-state index in [0.717, 1.165) is 0 Å². The summed E-state index contributed by atoms with van der Waals surface area (Å²) in [7, 11) is -4.39. The fourth-order valence-corrected chi connectivity index (χ4v) is 3.02. The van der Waals surface area contributed by atoms with Crippen LogP contribution in [0.5, 0.6) is 0 Å². The van der Waals surface area contributed by atoms with Gasteiger partial charge in [0.1, 0.15) is 0 Å². The van der Waals surface area contributed by atoms with Crippen molar-refractivity contribution in [3.05, 3.63) is 12.2 Å². The molecule has 2 N–H and O–H groups in total. The highest BCUT2D eigenvalue weighted by molar-refractivity contribution is 7.84. The summed E-state index contributed by atoms with van der Waals surface area (Å²) in [6, 6.07) is 0. The maximum Gasteiger partial charge on any atom is 0.639 e. The lowest BCUT2D eigenvalue weighted by Gasteiger charge is -2.33. The molecule has 0 aliphatic carbocycles. The number of rotatable bonds is 7. The van der Waals surface area contributed by atoms with Crippen molar-refractivity contribution >= 4 is 29.4 Å². The molecule has 9 nitrogen and oxygen atoms in total. The zero-order chi connectivity index (χ0) is 18.4. The molecule has 136 valence electrons. The normalized spacial score (nSPS) is 20.2. The number of hydrogen-bond acceptors (Lipinski definition) is 8. The van der Waals surface area contributed by atoms with Crippen LogP contribution in [0.2, 0.25) is 0 Å². The van der Waals surface area contributed by atoms with Gasteiger partial charge < -0.3 is 9.31 Å². The van der Waals surface area contributed by atoms with Crippen LogP contribution >= 0.6 is 0 Å². The van der Waals surface area contributed by atoms with Gasteiger partial charge in [-0.1, -0.05) is 31.9 Å². The number of nitrogens with zero attached hydrogens (tertiary/aromatic N) is 1. The summed E-state index contributed by atoms with van der Waals surface area (Å²) in [4.78, 5) is 25.3. The van der Waals surface area contributed by atoms with E-state index in [9.17, 15) is 18.0 Å². The van der Waals surface area contributed by atoms with Gasteiger partial charge in [0.05, 0.1) is 13.1 Å². The summed E-state index contributed by atoms with van der Waals surface area (Å²) in [5.74, 6) is -1.34. The number of likely N-dealkylation sites (N-methyl/N-ethyl adjacent to an activating group) is 1. The van der Waals surface area contributed by atoms with Gasteiger partial charge in [-0.05, 0) is 20.4 Å². The monoisotopic (exact) mass is 362 g/mol. The van der Waals surface area contributed by atoms with E-state index in [0.29, 0.717) is 12.8 Å². The lowest BCUT2D eigenvalue weighted by molar-refractivity contribution is -0.147. The maximum atomic E-state index is 11.9. The van der Waals surface area contributed by atoms with Crippen molar-refractivity contribution < 1.29 is 31.5 Å². The average molecular weight is 362 g/mol. The van der Waals surface area contributed by atoms with Crippen LogP contribution in [0.3, 0.4) is 0 Å². The molecule has 0 saturated carbocycles. The molecule has 0 amide bonds. The Balaban J connectivity index is 3.26. The van der Waals surface area contributed by atoms with E-state index in [2.05, 4.69) is 0 Å². The molecule has 0 aromatic heterocycles. The van der Waals surface area contributed by atoms with Crippen LogP contribution in [-0.4, -0.2) is 58.0 Å². The second kappa shape index (κ2) is 8.61. The van der Waals surface area contributed by atoms with Crippen LogP contribution in [0, 0.1) is 0 Å². The minimum atomic E-state index is -4.39. The van der Waals surface area contributed by atoms with E-state index in [1.165, 1.54) is 17.1 Å². The van der Waals surface area contributed by atoms with Gasteiger partial charge >= 0.3 is 29.4 Å². The number of carbonyl (C=O) groups is 2. The molecule has 0 radical (unpaired) electrons. The number of carbonyl (C=O) groups excluding carboxylic acids is 2.